The van der Waals surface area contributed by atoms with Crippen LogP contribution < -0.4 is 50.4 Å². The Hall–Kier alpha value is -4.31. The highest BCUT2D eigenvalue weighted by molar-refractivity contribution is 8.01. The summed E-state index contributed by atoms with van der Waals surface area (Å²) in [6.07, 6.45) is 1.06. The Morgan fingerprint density at radius 1 is 0.700 bits per heavy atom. The first-order valence-corrected chi connectivity index (χ1v) is 19.4. The molecule has 9 nitrogen and oxygen atoms in total. The van der Waals surface area contributed by atoms with Crippen molar-refractivity contribution in [1.29, 1.82) is 0 Å². The number of aromatic nitrogens is 2. The molecule has 1 saturated heterocycles. The zero-order chi connectivity index (χ0) is 34.9. The van der Waals surface area contributed by atoms with Crippen molar-refractivity contribution < 1.29 is 33.3 Å². The number of rotatable bonds is 6. The second-order valence-electron chi connectivity index (χ2n) is 12.3. The number of oxazole rings is 1. The Bertz CT molecular complexity index is 2020. The van der Waals surface area contributed by atoms with Crippen LogP contribution in [-0.2, 0) is 6.54 Å². The third-order valence-electron chi connectivity index (χ3n) is 9.20. The SMILES string of the molecule is O=c1cccc2n1C[C@H]1C[C@H]2CN(c2oc(-c3ccc(Cl)cc3)nc2[P+](c2ccccc2)(c2ccccc2)c2ccccc2)C1.[O-][Cl+3]([O-])([O-])[O-]. The van der Waals surface area contributed by atoms with Gasteiger partial charge in [0, 0.05) is 47.9 Å². The summed E-state index contributed by atoms with van der Waals surface area (Å²) in [5.41, 5.74) is 3.04. The van der Waals surface area contributed by atoms with E-state index in [2.05, 4.69) is 102 Å². The Balaban J connectivity index is 0.000000734. The van der Waals surface area contributed by atoms with Gasteiger partial charge in [0.15, 0.2) is 7.26 Å². The van der Waals surface area contributed by atoms with Gasteiger partial charge in [-0.2, -0.15) is 4.98 Å². The van der Waals surface area contributed by atoms with Crippen LogP contribution in [0.5, 0.6) is 0 Å². The first kappa shape index (κ1) is 34.2. The van der Waals surface area contributed by atoms with Gasteiger partial charge in [-0.25, -0.2) is 18.6 Å². The number of anilines is 1. The van der Waals surface area contributed by atoms with Crippen molar-refractivity contribution in [3.05, 3.63) is 155 Å². The molecule has 254 valence electrons. The lowest BCUT2D eigenvalue weighted by Gasteiger charge is -2.42. The first-order valence-electron chi connectivity index (χ1n) is 16.0. The van der Waals surface area contributed by atoms with Crippen molar-refractivity contribution >= 4 is 46.1 Å². The lowest BCUT2D eigenvalue weighted by Crippen LogP contribution is -2.68. The maximum Gasteiger partial charge on any atom is 0.262 e. The predicted octanol–water partition coefficient (Wildman–Crippen LogP) is 1.64. The maximum atomic E-state index is 12.8. The molecule has 2 atom stereocenters. The zero-order valence-corrected chi connectivity index (χ0v) is 29.1. The number of fused-ring (bicyclic) bond motifs is 4. The minimum absolute atomic E-state index is 0.0863. The summed E-state index contributed by atoms with van der Waals surface area (Å²) in [5.74, 6) is 1.94. The minimum atomic E-state index is -4.94. The molecule has 2 aromatic heterocycles. The van der Waals surface area contributed by atoms with Crippen LogP contribution >= 0.6 is 18.9 Å². The van der Waals surface area contributed by atoms with Gasteiger partial charge in [-0.15, -0.1) is 10.2 Å². The quantitative estimate of drug-likeness (QED) is 0.236. The van der Waals surface area contributed by atoms with E-state index in [1.165, 1.54) is 15.9 Å². The molecule has 0 saturated carbocycles. The zero-order valence-electron chi connectivity index (χ0n) is 26.7. The van der Waals surface area contributed by atoms with Crippen LogP contribution in [0.25, 0.3) is 11.5 Å². The maximum absolute atomic E-state index is 12.8. The van der Waals surface area contributed by atoms with E-state index in [-0.39, 0.29) is 11.5 Å². The molecule has 0 amide bonds. The Morgan fingerprint density at radius 2 is 1.24 bits per heavy atom. The summed E-state index contributed by atoms with van der Waals surface area (Å²) in [5, 5.41) is 4.32. The molecule has 0 N–H and O–H groups in total. The van der Waals surface area contributed by atoms with Gasteiger partial charge in [0.2, 0.25) is 5.89 Å². The summed E-state index contributed by atoms with van der Waals surface area (Å²) in [7, 11) is -7.50. The van der Waals surface area contributed by atoms with E-state index in [0.29, 0.717) is 23.4 Å². The number of pyridine rings is 1. The van der Waals surface area contributed by atoms with Crippen LogP contribution in [0.15, 0.2) is 143 Å². The summed E-state index contributed by atoms with van der Waals surface area (Å²) in [6.45, 7) is 2.25. The van der Waals surface area contributed by atoms with Gasteiger partial charge in [0.25, 0.3) is 16.9 Å². The van der Waals surface area contributed by atoms with Crippen molar-refractivity contribution in [2.75, 3.05) is 18.0 Å². The van der Waals surface area contributed by atoms with Crippen LogP contribution in [0.1, 0.15) is 18.0 Å². The molecule has 12 heteroatoms. The highest BCUT2D eigenvalue weighted by Crippen LogP contribution is 2.56. The molecule has 0 spiro atoms. The van der Waals surface area contributed by atoms with Crippen molar-refractivity contribution in [3.8, 4) is 11.5 Å². The molecule has 2 aliphatic rings. The van der Waals surface area contributed by atoms with Gasteiger partial charge in [-0.1, -0.05) is 72.3 Å². The number of piperidine rings is 1. The summed E-state index contributed by atoms with van der Waals surface area (Å²) < 4.78 is 42.9. The molecule has 4 heterocycles. The second-order valence-corrected chi connectivity index (χ2v) is 16.8. The van der Waals surface area contributed by atoms with Gasteiger partial charge in [0.1, 0.15) is 15.9 Å². The summed E-state index contributed by atoms with van der Waals surface area (Å²) in [6, 6.07) is 45.8. The van der Waals surface area contributed by atoms with Gasteiger partial charge >= 0.3 is 0 Å². The number of benzene rings is 4. The van der Waals surface area contributed by atoms with Crippen LogP contribution in [-0.4, -0.2) is 22.6 Å². The summed E-state index contributed by atoms with van der Waals surface area (Å²) in [4.78, 5) is 20.7. The highest BCUT2D eigenvalue weighted by Gasteiger charge is 2.54. The van der Waals surface area contributed by atoms with Crippen molar-refractivity contribution in [1.82, 2.24) is 9.55 Å². The summed E-state index contributed by atoms with van der Waals surface area (Å²) >= 11 is 6.30. The fourth-order valence-electron chi connectivity index (χ4n) is 7.28. The van der Waals surface area contributed by atoms with Crippen molar-refractivity contribution in [2.45, 2.75) is 18.9 Å². The molecule has 8 rings (SSSR count). The van der Waals surface area contributed by atoms with Gasteiger partial charge in [-0.05, 0) is 79.1 Å². The molecular weight excluding hydrogens is 696 g/mol. The van der Waals surface area contributed by atoms with E-state index in [4.69, 9.17) is 39.6 Å². The molecule has 2 bridgehead atoms. The molecular formula is C38H32Cl2N3O6P. The van der Waals surface area contributed by atoms with Crippen molar-refractivity contribution in [3.63, 3.8) is 0 Å². The minimum Gasteiger partial charge on any atom is -0.416 e. The number of nitrogens with zero attached hydrogens (tertiary/aromatic N) is 3. The van der Waals surface area contributed by atoms with Crippen LogP contribution in [0.4, 0.5) is 5.88 Å². The molecule has 50 heavy (non-hydrogen) atoms. The van der Waals surface area contributed by atoms with E-state index in [0.717, 1.165) is 42.1 Å². The average molecular weight is 729 g/mol. The standard InChI is InChI=1S/C38H32ClN3O2P.ClHO4/c39-30-21-19-28(20-22-30)36-40-37(38(44-36)41-24-27-23-29(26-41)34-17-10-18-35(43)42(34)25-27)45(31-11-4-1-5-12-31,32-13-6-2-7-14-32)33-15-8-3-9-16-33;2-1(3,4)5/h1-22,27,29H,23-26H2;(H,2,3,4,5)/q+1;/p-1/t27-,29-;/m0./s1. The van der Waals surface area contributed by atoms with E-state index in [9.17, 15) is 4.79 Å². The number of hydrogen-bond donors (Lipinski definition) is 0. The number of halogens is 2. The van der Waals surface area contributed by atoms with Gasteiger partial charge in [0.05, 0.1) is 0 Å². The van der Waals surface area contributed by atoms with Crippen LogP contribution in [0.2, 0.25) is 5.02 Å². The van der Waals surface area contributed by atoms with Gasteiger partial charge < -0.3 is 13.9 Å². The fraction of sp³-hybridized carbons (Fsp3) is 0.158. The topological polar surface area (TPSA) is 144 Å². The van der Waals surface area contributed by atoms with Crippen LogP contribution in [0.3, 0.4) is 0 Å². The Labute approximate surface area is 296 Å². The molecule has 1 fully saturated rings. The molecule has 0 unspecified atom stereocenters. The van der Waals surface area contributed by atoms with E-state index in [1.807, 2.05) is 34.9 Å². The molecule has 2 aliphatic heterocycles. The average Bonchev–Trinajstić information content (AvgIpc) is 3.56. The first-order chi connectivity index (χ1) is 24.1. The molecule has 4 aromatic carbocycles. The molecule has 0 aliphatic carbocycles. The van der Waals surface area contributed by atoms with Gasteiger partial charge in [-0.3, -0.25) is 4.79 Å². The van der Waals surface area contributed by atoms with Crippen molar-refractivity contribution in [2.24, 2.45) is 5.92 Å². The monoisotopic (exact) mass is 727 g/mol. The predicted molar refractivity (Wildman–Crippen MR) is 185 cm³/mol. The molecule has 0 radical (unpaired) electrons. The molecule has 6 aromatic rings. The fourth-order valence-corrected chi connectivity index (χ4v) is 11.6. The third-order valence-corrected chi connectivity index (χ3v) is 13.6. The largest absolute Gasteiger partial charge is 0.416 e. The smallest absolute Gasteiger partial charge is 0.262 e. The second kappa shape index (κ2) is 14.1. The van der Waals surface area contributed by atoms with Crippen LogP contribution in [0, 0.1) is 16.2 Å². The lowest BCUT2D eigenvalue weighted by atomic mass is 9.83. The highest BCUT2D eigenvalue weighted by atomic mass is 35.7. The lowest BCUT2D eigenvalue weighted by molar-refractivity contribution is -2.00. The third kappa shape index (κ3) is 6.87. The Morgan fingerprint density at radius 3 is 1.78 bits per heavy atom. The number of hydrogen-bond acceptors (Lipinski definition) is 8. The van der Waals surface area contributed by atoms with E-state index in [1.54, 1.807) is 6.07 Å². The Kier molecular flexibility index (Phi) is 9.65. The van der Waals surface area contributed by atoms with E-state index >= 15 is 0 Å². The normalized spacial score (nSPS) is 17.0. The van der Waals surface area contributed by atoms with E-state index < -0.39 is 17.5 Å².